The first-order valence-electron chi connectivity index (χ1n) is 11.0. The molecule has 0 amide bonds. The zero-order chi connectivity index (χ0) is 25.7. The second-order valence-electron chi connectivity index (χ2n) is 8.45. The van der Waals surface area contributed by atoms with Crippen LogP contribution in [0.5, 0.6) is 11.5 Å². The predicted molar refractivity (Wildman–Crippen MR) is 125 cm³/mol. The van der Waals surface area contributed by atoms with Crippen LogP contribution in [0.4, 0.5) is 15.9 Å². The number of ether oxygens (including phenoxy) is 3. The first kappa shape index (κ1) is 23.9. The number of aliphatic hydroxyl groups is 3. The molecule has 0 aromatic heterocycles. The van der Waals surface area contributed by atoms with Crippen molar-refractivity contribution in [3.63, 3.8) is 0 Å². The van der Waals surface area contributed by atoms with Crippen LogP contribution in [0.1, 0.15) is 6.23 Å². The highest BCUT2D eigenvalue weighted by Gasteiger charge is 2.48. The number of fused-ring (bicyclic) bond motifs is 3. The number of aromatic nitrogens is 2. The van der Waals surface area contributed by atoms with Crippen molar-refractivity contribution >= 4 is 28.2 Å². The van der Waals surface area contributed by atoms with Crippen molar-refractivity contribution < 1.29 is 43.8 Å². The molecule has 0 saturated carbocycles. The number of hydrogen-bond acceptors (Lipinski definition) is 8. The third-order valence-electron chi connectivity index (χ3n) is 6.30. The monoisotopic (exact) mass is 501 g/mol. The number of hydrogen-bond donors (Lipinski definition) is 6. The molecule has 3 aliphatic rings. The van der Waals surface area contributed by atoms with Crippen molar-refractivity contribution in [2.45, 2.75) is 30.6 Å². The fourth-order valence-corrected chi connectivity index (χ4v) is 4.52. The van der Waals surface area contributed by atoms with E-state index >= 15 is 0 Å². The molecule has 0 radical (unpaired) electrons. The van der Waals surface area contributed by atoms with Crippen molar-refractivity contribution in [1.29, 1.82) is 0 Å². The first-order valence-corrected chi connectivity index (χ1v) is 11.0. The van der Waals surface area contributed by atoms with Crippen LogP contribution in [0.2, 0.25) is 0 Å². The molecule has 6 N–H and O–H groups in total. The number of carboxylic acids is 1. The number of methoxy groups -OCH3 is 2. The molecular weight excluding hydrogens is 477 g/mol. The lowest BCUT2D eigenvalue weighted by Gasteiger charge is -2.39. The highest BCUT2D eigenvalue weighted by atomic mass is 19.1. The van der Waals surface area contributed by atoms with Gasteiger partial charge in [0, 0.05) is 16.6 Å². The van der Waals surface area contributed by atoms with Gasteiger partial charge in [-0.2, -0.15) is 0 Å². The van der Waals surface area contributed by atoms with Gasteiger partial charge in [-0.3, -0.25) is 5.10 Å². The fourth-order valence-electron chi connectivity index (χ4n) is 4.52. The number of nitrogens with one attached hydrogen (secondary N) is 2. The Morgan fingerprint density at radius 1 is 1.06 bits per heavy atom. The summed E-state index contributed by atoms with van der Waals surface area (Å²) in [5.74, 6) is -0.721. The van der Waals surface area contributed by atoms with Crippen molar-refractivity contribution in [3.05, 3.63) is 48.3 Å². The number of carbonyl (C=O) groups is 1. The summed E-state index contributed by atoms with van der Waals surface area (Å²) < 4.78 is 31.6. The van der Waals surface area contributed by atoms with Gasteiger partial charge in [0.25, 0.3) is 0 Å². The third-order valence-corrected chi connectivity index (χ3v) is 6.30. The maximum Gasteiger partial charge on any atom is 0.335 e. The molecule has 36 heavy (non-hydrogen) atoms. The maximum atomic E-state index is 13.9. The Bertz CT molecular complexity index is 1400. The molecule has 1 fully saturated rings. The third kappa shape index (κ3) is 3.80. The van der Waals surface area contributed by atoms with Crippen molar-refractivity contribution in [2.75, 3.05) is 19.5 Å². The molecule has 2 aromatic rings. The molecule has 5 rings (SSSR count). The molecule has 12 heteroatoms. The number of H-pyrrole nitrogens is 1. The number of aliphatic carboxylic acids is 1. The van der Waals surface area contributed by atoms with E-state index in [1.807, 2.05) is 6.07 Å². The number of rotatable bonds is 6. The van der Waals surface area contributed by atoms with E-state index in [1.165, 1.54) is 37.1 Å². The fraction of sp³-hybridized carbons (Fsp3) is 0.292. The average molecular weight is 501 g/mol. The molecule has 1 aliphatic carbocycles. The summed E-state index contributed by atoms with van der Waals surface area (Å²) >= 11 is 0. The van der Waals surface area contributed by atoms with E-state index in [2.05, 4.69) is 10.4 Å². The second-order valence-corrected chi connectivity index (χ2v) is 8.45. The summed E-state index contributed by atoms with van der Waals surface area (Å²) in [6.45, 7) is 0. The first-order chi connectivity index (χ1) is 17.2. The van der Waals surface area contributed by atoms with Crippen LogP contribution >= 0.6 is 0 Å². The highest BCUT2D eigenvalue weighted by Crippen LogP contribution is 2.45. The molecule has 11 nitrogen and oxygen atoms in total. The Kier molecular flexibility index (Phi) is 5.96. The summed E-state index contributed by atoms with van der Waals surface area (Å²) in [4.78, 5) is 11.7. The molecule has 0 bridgehead atoms. The average Bonchev–Trinajstić information content (AvgIpc) is 3.37. The zero-order valence-electron chi connectivity index (χ0n) is 19.2. The molecule has 190 valence electrons. The Labute approximate surface area is 203 Å². The maximum absolute atomic E-state index is 13.9. The number of aromatic amines is 1. The molecule has 2 heterocycles. The van der Waals surface area contributed by atoms with Gasteiger partial charge < -0.3 is 40.0 Å². The van der Waals surface area contributed by atoms with E-state index in [1.54, 1.807) is 18.2 Å². The molecular formula is C24H24FN3O8. The SMILES string of the molecule is COc1cc2cc3c(Nc4cccc(F)c4)n([C@@H]4O[C@H](C(=O)O)[C@@H](O)[C@H](O)[C@H]4O)[nH]c-3c2cc1OC. The Morgan fingerprint density at radius 2 is 1.78 bits per heavy atom. The van der Waals surface area contributed by atoms with E-state index in [0.717, 1.165) is 5.39 Å². The lowest BCUT2D eigenvalue weighted by molar-refractivity contribution is -0.248. The van der Waals surface area contributed by atoms with Gasteiger partial charge in [-0.1, -0.05) is 6.07 Å². The molecule has 0 unspecified atom stereocenters. The lowest BCUT2D eigenvalue weighted by atomic mass is 9.98. The van der Waals surface area contributed by atoms with E-state index in [-0.39, 0.29) is 0 Å². The minimum atomic E-state index is -1.85. The van der Waals surface area contributed by atoms with Crippen LogP contribution in [0, 0.1) is 5.82 Å². The number of carboxylic acid groups (broad SMARTS) is 1. The van der Waals surface area contributed by atoms with E-state index in [4.69, 9.17) is 14.2 Å². The van der Waals surface area contributed by atoms with E-state index in [0.29, 0.717) is 39.6 Å². The van der Waals surface area contributed by atoms with Crippen LogP contribution < -0.4 is 14.8 Å². The summed E-state index contributed by atoms with van der Waals surface area (Å²) in [6, 6.07) is 11.0. The van der Waals surface area contributed by atoms with Crippen LogP contribution in [0.3, 0.4) is 0 Å². The number of anilines is 2. The van der Waals surface area contributed by atoms with Crippen molar-refractivity contribution in [1.82, 2.24) is 9.78 Å². The van der Waals surface area contributed by atoms with Gasteiger partial charge in [0.1, 0.15) is 29.9 Å². The van der Waals surface area contributed by atoms with Gasteiger partial charge in [0.05, 0.1) is 19.9 Å². The van der Waals surface area contributed by atoms with Gasteiger partial charge >= 0.3 is 5.97 Å². The summed E-state index contributed by atoms with van der Waals surface area (Å²) in [6.07, 6.45) is -8.60. The standard InChI is InChI=1S/C24H24FN3O8/c1-34-15-7-10-6-14-17(13(10)9-16(15)35-2)27-28(22(14)26-12-5-3-4-11(25)8-12)23-20(31)18(29)19(30)21(36-23)24(32)33/h3-9,18-21,23,26-27,29-31H,1-2H3,(H,32,33)/t18-,19-,20+,21-,23+/m0/s1. The highest BCUT2D eigenvalue weighted by molar-refractivity contribution is 6.05. The van der Waals surface area contributed by atoms with Gasteiger partial charge in [-0.05, 0) is 41.8 Å². The molecule has 5 atom stereocenters. The number of benzene rings is 2. The lowest BCUT2D eigenvalue weighted by Crippen LogP contribution is -2.58. The predicted octanol–water partition coefficient (Wildman–Crippen LogP) is 2.04. The molecule has 1 saturated heterocycles. The van der Waals surface area contributed by atoms with E-state index in [9.17, 15) is 29.6 Å². The molecule has 2 aromatic carbocycles. The van der Waals surface area contributed by atoms with Gasteiger partial charge in [0.2, 0.25) is 0 Å². The zero-order valence-corrected chi connectivity index (χ0v) is 19.2. The Hall–Kier alpha value is -3.84. The van der Waals surface area contributed by atoms with Gasteiger partial charge in [-0.25, -0.2) is 13.9 Å². The summed E-state index contributed by atoms with van der Waals surface area (Å²) in [5, 5.41) is 48.4. The topological polar surface area (TPSA) is 158 Å². The Balaban J connectivity index is 1.70. The van der Waals surface area contributed by atoms with Crippen molar-refractivity contribution in [3.8, 4) is 22.8 Å². The van der Waals surface area contributed by atoms with Crippen LogP contribution in [0.25, 0.3) is 22.0 Å². The van der Waals surface area contributed by atoms with Crippen LogP contribution in [0.15, 0.2) is 42.5 Å². The minimum absolute atomic E-state index is 0.293. The normalized spacial score (nSPS) is 24.2. The quantitative estimate of drug-likeness (QED) is 0.232. The molecule has 2 aliphatic heterocycles. The summed E-state index contributed by atoms with van der Waals surface area (Å²) in [7, 11) is 3.02. The van der Waals surface area contributed by atoms with E-state index < -0.39 is 42.4 Å². The Morgan fingerprint density at radius 3 is 2.44 bits per heavy atom. The second kappa shape index (κ2) is 8.99. The van der Waals surface area contributed by atoms with Crippen LogP contribution in [-0.4, -0.2) is 74.8 Å². The van der Waals surface area contributed by atoms with Crippen molar-refractivity contribution in [2.24, 2.45) is 0 Å². The smallest absolute Gasteiger partial charge is 0.335 e. The van der Waals surface area contributed by atoms with Gasteiger partial charge in [0.15, 0.2) is 23.8 Å². The van der Waals surface area contributed by atoms with Crippen LogP contribution in [-0.2, 0) is 9.53 Å². The summed E-state index contributed by atoms with van der Waals surface area (Å²) in [5.41, 5.74) is 1.52. The molecule has 0 spiro atoms. The minimum Gasteiger partial charge on any atom is -0.493 e. The number of nitrogens with zero attached hydrogens (tertiary/aromatic N) is 1. The number of aliphatic hydroxyl groups excluding tert-OH is 3. The number of halogens is 1. The van der Waals surface area contributed by atoms with Gasteiger partial charge in [-0.15, -0.1) is 0 Å². The largest absolute Gasteiger partial charge is 0.493 e.